The molecule has 0 saturated heterocycles. The fourth-order valence-corrected chi connectivity index (χ4v) is 3.30. The molecule has 146 valence electrons. The summed E-state index contributed by atoms with van der Waals surface area (Å²) in [5.41, 5.74) is 1.66. The minimum atomic E-state index is -0.669. The maximum absolute atomic E-state index is 12.5. The summed E-state index contributed by atoms with van der Waals surface area (Å²) in [4.78, 5) is 29.0. The number of benzene rings is 2. The number of esters is 1. The van der Waals surface area contributed by atoms with E-state index in [0.29, 0.717) is 27.3 Å². The Balaban J connectivity index is 1.38. The van der Waals surface area contributed by atoms with Gasteiger partial charge in [0.25, 0.3) is 0 Å². The normalized spacial score (nSPS) is 14.0. The number of ether oxygens (including phenoxy) is 2. The zero-order valence-electron chi connectivity index (χ0n) is 15.3. The molecule has 30 heavy (non-hydrogen) atoms. The Bertz CT molecular complexity index is 1340. The van der Waals surface area contributed by atoms with E-state index >= 15 is 0 Å². The summed E-state index contributed by atoms with van der Waals surface area (Å²) in [5, 5.41) is 1.24. The molecule has 0 N–H and O–H groups in total. The Hall–Kier alpha value is -3.90. The zero-order valence-corrected chi connectivity index (χ0v) is 16.1. The van der Waals surface area contributed by atoms with Crippen molar-refractivity contribution in [2.24, 2.45) is 0 Å². The summed E-state index contributed by atoms with van der Waals surface area (Å²) in [5.74, 6) is -0.152. The lowest BCUT2D eigenvalue weighted by atomic mass is 10.1. The third-order valence-electron chi connectivity index (χ3n) is 4.51. The number of Topliss-reactive ketones (excluding diaryl/α,β-unsaturated/α-hetero) is 1. The van der Waals surface area contributed by atoms with Gasteiger partial charge >= 0.3 is 5.97 Å². The first-order valence-corrected chi connectivity index (χ1v) is 9.34. The predicted octanol–water partition coefficient (Wildman–Crippen LogP) is 5.32. The topological polar surface area (TPSA) is 78.6 Å². The number of hydrogen-bond donors (Lipinski definition) is 0. The number of allylic oxidation sites excluding steroid dienone is 1. The first-order chi connectivity index (χ1) is 14.6. The van der Waals surface area contributed by atoms with Crippen molar-refractivity contribution in [2.45, 2.75) is 0 Å². The first kappa shape index (κ1) is 18.1. The summed E-state index contributed by atoms with van der Waals surface area (Å²) >= 11 is 5.96. The number of rotatable bonds is 3. The Kier molecular flexibility index (Phi) is 4.34. The van der Waals surface area contributed by atoms with Gasteiger partial charge < -0.3 is 13.9 Å². The van der Waals surface area contributed by atoms with Crippen molar-refractivity contribution in [1.82, 2.24) is 4.98 Å². The average molecular weight is 418 g/mol. The standard InChI is InChI=1S/C23H12ClNO5/c24-15-3-6-18-14(9-15)10-21(29-18)23(27)28-16-4-5-17-19(11-16)30-20(22(17)26)8-13-2-1-7-25-12-13/h1-12H/b20-8-. The summed E-state index contributed by atoms with van der Waals surface area (Å²) in [6.45, 7) is 0. The maximum Gasteiger partial charge on any atom is 0.379 e. The molecule has 0 spiro atoms. The van der Waals surface area contributed by atoms with E-state index in [4.69, 9.17) is 25.5 Å². The number of aromatic nitrogens is 1. The number of pyridine rings is 1. The van der Waals surface area contributed by atoms with E-state index in [9.17, 15) is 9.59 Å². The molecule has 1 aliphatic heterocycles. The minimum Gasteiger partial charge on any atom is -0.452 e. The molecule has 0 atom stereocenters. The molecular weight excluding hydrogens is 406 g/mol. The second-order valence-corrected chi connectivity index (χ2v) is 7.00. The average Bonchev–Trinajstić information content (AvgIpc) is 3.29. The van der Waals surface area contributed by atoms with Crippen LogP contribution >= 0.6 is 11.6 Å². The van der Waals surface area contributed by atoms with E-state index in [1.807, 2.05) is 6.07 Å². The van der Waals surface area contributed by atoms with Crippen molar-refractivity contribution in [3.8, 4) is 11.5 Å². The molecule has 0 unspecified atom stereocenters. The smallest absolute Gasteiger partial charge is 0.379 e. The lowest BCUT2D eigenvalue weighted by molar-refractivity contribution is 0.0703. The van der Waals surface area contributed by atoms with Crippen molar-refractivity contribution in [1.29, 1.82) is 0 Å². The molecule has 6 nitrogen and oxygen atoms in total. The largest absolute Gasteiger partial charge is 0.452 e. The van der Waals surface area contributed by atoms with Crippen molar-refractivity contribution < 1.29 is 23.5 Å². The van der Waals surface area contributed by atoms with Gasteiger partial charge in [0.15, 0.2) is 5.76 Å². The van der Waals surface area contributed by atoms with Crippen LogP contribution in [0.1, 0.15) is 26.5 Å². The Labute approximate surface area is 175 Å². The highest BCUT2D eigenvalue weighted by Gasteiger charge is 2.28. The zero-order chi connectivity index (χ0) is 20.7. The third-order valence-corrected chi connectivity index (χ3v) is 4.75. The summed E-state index contributed by atoms with van der Waals surface area (Å²) in [6, 6.07) is 14.8. The maximum atomic E-state index is 12.5. The summed E-state index contributed by atoms with van der Waals surface area (Å²) in [7, 11) is 0. The summed E-state index contributed by atoms with van der Waals surface area (Å²) < 4.78 is 16.6. The number of halogens is 1. The second-order valence-electron chi connectivity index (χ2n) is 6.57. The van der Waals surface area contributed by atoms with E-state index in [1.54, 1.807) is 54.9 Å². The number of hydrogen-bond acceptors (Lipinski definition) is 6. The number of nitrogens with zero attached hydrogens (tertiary/aromatic N) is 1. The molecule has 1 aliphatic rings. The molecule has 0 fully saturated rings. The number of furan rings is 1. The molecule has 0 radical (unpaired) electrons. The Morgan fingerprint density at radius 2 is 2.00 bits per heavy atom. The van der Waals surface area contributed by atoms with E-state index in [-0.39, 0.29) is 23.1 Å². The molecule has 3 heterocycles. The van der Waals surface area contributed by atoms with Gasteiger partial charge in [-0.15, -0.1) is 0 Å². The lowest BCUT2D eigenvalue weighted by Crippen LogP contribution is -2.07. The van der Waals surface area contributed by atoms with Crippen LogP contribution in [0.15, 0.2) is 77.2 Å². The molecule has 2 aromatic carbocycles. The van der Waals surface area contributed by atoms with Crippen LogP contribution in [0.5, 0.6) is 11.5 Å². The quantitative estimate of drug-likeness (QED) is 0.255. The molecule has 0 bridgehead atoms. The molecule has 0 saturated carbocycles. The van der Waals surface area contributed by atoms with Gasteiger partial charge in [-0.3, -0.25) is 9.78 Å². The van der Waals surface area contributed by atoms with Crippen LogP contribution in [0.2, 0.25) is 5.02 Å². The minimum absolute atomic E-state index is 0.0434. The van der Waals surface area contributed by atoms with E-state index in [0.717, 1.165) is 5.56 Å². The van der Waals surface area contributed by atoms with E-state index in [1.165, 1.54) is 12.1 Å². The fourth-order valence-electron chi connectivity index (χ4n) is 3.12. The molecular formula is C23H12ClNO5. The first-order valence-electron chi connectivity index (χ1n) is 8.96. The number of fused-ring (bicyclic) bond motifs is 2. The number of carbonyl (C=O) groups excluding carboxylic acids is 2. The van der Waals surface area contributed by atoms with Gasteiger partial charge in [0.2, 0.25) is 11.5 Å². The van der Waals surface area contributed by atoms with Crippen LogP contribution in [0.25, 0.3) is 17.0 Å². The molecule has 0 aliphatic carbocycles. The van der Waals surface area contributed by atoms with Crippen molar-refractivity contribution in [2.75, 3.05) is 0 Å². The predicted molar refractivity (Wildman–Crippen MR) is 110 cm³/mol. The van der Waals surface area contributed by atoms with Crippen molar-refractivity contribution in [3.05, 3.63) is 94.7 Å². The van der Waals surface area contributed by atoms with Crippen molar-refractivity contribution >= 4 is 40.4 Å². The Morgan fingerprint density at radius 1 is 1.10 bits per heavy atom. The van der Waals surface area contributed by atoms with Gasteiger partial charge in [-0.2, -0.15) is 0 Å². The highest BCUT2D eigenvalue weighted by atomic mass is 35.5. The van der Waals surface area contributed by atoms with Gasteiger partial charge in [-0.05, 0) is 54.1 Å². The van der Waals surface area contributed by atoms with Gasteiger partial charge in [0.05, 0.1) is 5.56 Å². The highest BCUT2D eigenvalue weighted by molar-refractivity contribution is 6.31. The summed E-state index contributed by atoms with van der Waals surface area (Å²) in [6.07, 6.45) is 4.88. The highest BCUT2D eigenvalue weighted by Crippen LogP contribution is 2.35. The van der Waals surface area contributed by atoms with Crippen LogP contribution in [-0.4, -0.2) is 16.7 Å². The monoisotopic (exact) mass is 417 g/mol. The second kappa shape index (κ2) is 7.17. The molecule has 2 aromatic heterocycles. The number of carbonyl (C=O) groups is 2. The molecule has 7 heteroatoms. The van der Waals surface area contributed by atoms with Crippen LogP contribution in [0.4, 0.5) is 0 Å². The van der Waals surface area contributed by atoms with Crippen molar-refractivity contribution in [3.63, 3.8) is 0 Å². The van der Waals surface area contributed by atoms with E-state index < -0.39 is 5.97 Å². The van der Waals surface area contributed by atoms with Gasteiger partial charge in [0.1, 0.15) is 17.1 Å². The fraction of sp³-hybridized carbons (Fsp3) is 0. The third kappa shape index (κ3) is 3.33. The lowest BCUT2D eigenvalue weighted by Gasteiger charge is -2.04. The van der Waals surface area contributed by atoms with Gasteiger partial charge in [-0.25, -0.2) is 4.79 Å². The van der Waals surface area contributed by atoms with E-state index in [2.05, 4.69) is 4.98 Å². The SMILES string of the molecule is O=C(Oc1ccc2c(c1)O/C(=C\c1cccnc1)C2=O)c1cc2cc(Cl)ccc2o1. The Morgan fingerprint density at radius 3 is 2.83 bits per heavy atom. The van der Waals surface area contributed by atoms with Crippen LogP contribution in [-0.2, 0) is 0 Å². The van der Waals surface area contributed by atoms with Gasteiger partial charge in [0, 0.05) is 28.9 Å². The van der Waals surface area contributed by atoms with Crippen LogP contribution in [0.3, 0.4) is 0 Å². The van der Waals surface area contributed by atoms with Gasteiger partial charge in [-0.1, -0.05) is 17.7 Å². The molecule has 5 rings (SSSR count). The van der Waals surface area contributed by atoms with Crippen LogP contribution < -0.4 is 9.47 Å². The number of ketones is 1. The molecule has 4 aromatic rings. The molecule has 0 amide bonds. The van der Waals surface area contributed by atoms with Crippen LogP contribution in [0, 0.1) is 0 Å².